The van der Waals surface area contributed by atoms with E-state index in [0.29, 0.717) is 17.5 Å². The summed E-state index contributed by atoms with van der Waals surface area (Å²) in [7, 11) is 0. The number of hydrogen-bond donors (Lipinski definition) is 0. The fourth-order valence-corrected chi connectivity index (χ4v) is 10.3. The summed E-state index contributed by atoms with van der Waals surface area (Å²) >= 11 is 1.81. The number of hydrogen-bond acceptors (Lipinski definition) is 5. The average molecular weight is 771 g/mol. The van der Waals surface area contributed by atoms with E-state index in [1.807, 2.05) is 35.6 Å². The quantitative estimate of drug-likeness (QED) is 0.179. The number of nitrogens with zero attached hydrogens (tertiary/aromatic N) is 4. The lowest BCUT2D eigenvalue weighted by Crippen LogP contribution is -2.05. The number of aromatic nitrogens is 4. The van der Waals surface area contributed by atoms with Crippen molar-refractivity contribution in [2.45, 2.75) is 0 Å². The van der Waals surface area contributed by atoms with Crippen molar-refractivity contribution >= 4 is 96.8 Å². The molecule has 6 heteroatoms. The van der Waals surface area contributed by atoms with E-state index in [-0.39, 0.29) is 0 Å². The summed E-state index contributed by atoms with van der Waals surface area (Å²) in [5, 5.41) is 11.2. The molecule has 4 aromatic heterocycles. The molecule has 0 bridgehead atoms. The van der Waals surface area contributed by atoms with Crippen LogP contribution in [0.25, 0.3) is 125 Å². The molecule has 0 spiro atoms. The van der Waals surface area contributed by atoms with Crippen molar-refractivity contribution in [2.24, 2.45) is 0 Å². The van der Waals surface area contributed by atoms with Gasteiger partial charge < -0.3 is 8.98 Å². The maximum absolute atomic E-state index is 6.88. The van der Waals surface area contributed by atoms with Crippen molar-refractivity contribution in [1.82, 2.24) is 19.5 Å². The Labute approximate surface area is 341 Å². The van der Waals surface area contributed by atoms with Gasteiger partial charge in [0, 0.05) is 52.8 Å². The molecular weight excluding hydrogens is 741 g/mol. The number of fused-ring (bicyclic) bond motifs is 12. The molecule has 4 heterocycles. The largest absolute Gasteiger partial charge is 0.455 e. The highest BCUT2D eigenvalue weighted by Crippen LogP contribution is 2.48. The third kappa shape index (κ3) is 4.81. The Morgan fingerprint density at radius 2 is 1.03 bits per heavy atom. The molecule has 0 aliphatic carbocycles. The zero-order chi connectivity index (χ0) is 38.6. The molecule has 274 valence electrons. The molecule has 5 nitrogen and oxygen atoms in total. The van der Waals surface area contributed by atoms with Gasteiger partial charge in [-0.05, 0) is 64.7 Å². The summed E-state index contributed by atoms with van der Waals surface area (Å²) in [5.74, 6) is 1.82. The molecule has 0 unspecified atom stereocenters. The summed E-state index contributed by atoms with van der Waals surface area (Å²) in [6.45, 7) is 0. The van der Waals surface area contributed by atoms with Gasteiger partial charge in [0.2, 0.25) is 0 Å². The monoisotopic (exact) mass is 770 g/mol. The van der Waals surface area contributed by atoms with Crippen LogP contribution in [0.5, 0.6) is 0 Å². The van der Waals surface area contributed by atoms with Crippen LogP contribution in [-0.2, 0) is 0 Å². The van der Waals surface area contributed by atoms with E-state index in [0.717, 1.165) is 66.1 Å². The van der Waals surface area contributed by atoms with E-state index < -0.39 is 0 Å². The first kappa shape index (κ1) is 32.4. The summed E-state index contributed by atoms with van der Waals surface area (Å²) in [5.41, 5.74) is 7.59. The second-order valence-electron chi connectivity index (χ2n) is 15.1. The third-order valence-corrected chi connectivity index (χ3v) is 13.0. The van der Waals surface area contributed by atoms with Crippen molar-refractivity contribution in [3.05, 3.63) is 182 Å². The topological polar surface area (TPSA) is 56.7 Å². The number of para-hydroxylation sites is 2. The molecule has 0 atom stereocenters. The Bertz CT molecular complexity index is 3860. The Balaban J connectivity index is 1.22. The van der Waals surface area contributed by atoms with Crippen LogP contribution in [0, 0.1) is 0 Å². The SMILES string of the molecule is c1ccc(-c2nc(-c3ccc4sc5ccccc5c4c3)nc(-c3c(-n4c5ccccc5c5cc6ccccc6cc54)c4c5ccccc5oc4c4ccccc34)n2)cc1. The zero-order valence-electron chi connectivity index (χ0n) is 31.4. The van der Waals surface area contributed by atoms with Gasteiger partial charge in [0.15, 0.2) is 17.5 Å². The van der Waals surface area contributed by atoms with Gasteiger partial charge in [-0.3, -0.25) is 0 Å². The maximum Gasteiger partial charge on any atom is 0.166 e. The summed E-state index contributed by atoms with van der Waals surface area (Å²) in [6, 6.07) is 64.3. The summed E-state index contributed by atoms with van der Waals surface area (Å²) in [4.78, 5) is 16.2. The molecule has 13 aromatic rings. The molecule has 0 fully saturated rings. The summed E-state index contributed by atoms with van der Waals surface area (Å²) < 4.78 is 11.8. The Morgan fingerprint density at radius 3 is 1.88 bits per heavy atom. The van der Waals surface area contributed by atoms with Crippen molar-refractivity contribution in [3.63, 3.8) is 0 Å². The van der Waals surface area contributed by atoms with E-state index in [4.69, 9.17) is 19.4 Å². The standard InChI is InChI=1S/C53H30N4OS/c1-2-14-31(15-3-1)51-54-52(34-26-27-46-41(29-34)36-19-10-13-25-45(36)59-46)56-53(55-51)48-37-20-6-7-21-38(37)50-47(39-22-9-12-24-44(39)58-50)49(48)57-42-23-11-8-18-35(42)40-28-32-16-4-5-17-33(32)30-43(40)57/h1-30H. The highest BCUT2D eigenvalue weighted by molar-refractivity contribution is 7.25. The molecule has 0 amide bonds. The Kier molecular flexibility index (Phi) is 6.82. The molecule has 0 aliphatic rings. The lowest BCUT2D eigenvalue weighted by Gasteiger charge is -2.18. The van der Waals surface area contributed by atoms with Gasteiger partial charge in [-0.25, -0.2) is 15.0 Å². The molecule has 0 saturated carbocycles. The van der Waals surface area contributed by atoms with Crippen LogP contribution < -0.4 is 0 Å². The first-order chi connectivity index (χ1) is 29.2. The normalized spacial score (nSPS) is 12.1. The van der Waals surface area contributed by atoms with Gasteiger partial charge in [-0.1, -0.05) is 133 Å². The van der Waals surface area contributed by atoms with E-state index in [2.05, 4.69) is 162 Å². The minimum Gasteiger partial charge on any atom is -0.455 e. The molecule has 9 aromatic carbocycles. The van der Waals surface area contributed by atoms with Crippen molar-refractivity contribution in [3.8, 4) is 39.9 Å². The predicted octanol–water partition coefficient (Wildman–Crippen LogP) is 14.5. The zero-order valence-corrected chi connectivity index (χ0v) is 32.2. The van der Waals surface area contributed by atoms with E-state index >= 15 is 0 Å². The van der Waals surface area contributed by atoms with Crippen LogP contribution in [0.1, 0.15) is 0 Å². The minimum absolute atomic E-state index is 0.592. The fourth-order valence-electron chi connectivity index (χ4n) is 9.17. The van der Waals surface area contributed by atoms with Gasteiger partial charge in [-0.15, -0.1) is 11.3 Å². The number of benzene rings is 9. The number of furan rings is 1. The third-order valence-electron chi connectivity index (χ3n) is 11.8. The first-order valence-electron chi connectivity index (χ1n) is 19.8. The molecule has 0 saturated heterocycles. The smallest absolute Gasteiger partial charge is 0.166 e. The van der Waals surface area contributed by atoms with Gasteiger partial charge >= 0.3 is 0 Å². The molecule has 59 heavy (non-hydrogen) atoms. The van der Waals surface area contributed by atoms with Crippen LogP contribution in [-0.4, -0.2) is 19.5 Å². The second kappa shape index (κ2) is 12.4. The summed E-state index contributed by atoms with van der Waals surface area (Å²) in [6.07, 6.45) is 0. The van der Waals surface area contributed by atoms with E-state index in [9.17, 15) is 0 Å². The van der Waals surface area contributed by atoms with Crippen LogP contribution in [0.2, 0.25) is 0 Å². The van der Waals surface area contributed by atoms with Crippen LogP contribution in [0.15, 0.2) is 186 Å². The van der Waals surface area contributed by atoms with Crippen LogP contribution in [0.3, 0.4) is 0 Å². The highest BCUT2D eigenvalue weighted by atomic mass is 32.1. The molecule has 13 rings (SSSR count). The average Bonchev–Trinajstić information content (AvgIpc) is 3.97. The lowest BCUT2D eigenvalue weighted by molar-refractivity contribution is 0.672. The predicted molar refractivity (Wildman–Crippen MR) is 246 cm³/mol. The van der Waals surface area contributed by atoms with Crippen LogP contribution >= 0.6 is 11.3 Å². The van der Waals surface area contributed by atoms with Crippen molar-refractivity contribution in [2.75, 3.05) is 0 Å². The van der Waals surface area contributed by atoms with Crippen LogP contribution in [0.4, 0.5) is 0 Å². The highest BCUT2D eigenvalue weighted by Gasteiger charge is 2.28. The molecule has 0 radical (unpaired) electrons. The van der Waals surface area contributed by atoms with Gasteiger partial charge in [0.05, 0.1) is 27.7 Å². The van der Waals surface area contributed by atoms with Gasteiger partial charge in [0.25, 0.3) is 0 Å². The second-order valence-corrected chi connectivity index (χ2v) is 16.2. The Hall–Kier alpha value is -7.67. The molecule has 0 aliphatic heterocycles. The molecular formula is C53H30N4OS. The Morgan fingerprint density at radius 1 is 0.407 bits per heavy atom. The first-order valence-corrected chi connectivity index (χ1v) is 20.6. The van der Waals surface area contributed by atoms with E-state index in [1.165, 1.54) is 41.7 Å². The van der Waals surface area contributed by atoms with Crippen molar-refractivity contribution < 1.29 is 4.42 Å². The van der Waals surface area contributed by atoms with E-state index in [1.54, 1.807) is 0 Å². The maximum atomic E-state index is 6.88. The van der Waals surface area contributed by atoms with Gasteiger partial charge in [0.1, 0.15) is 11.2 Å². The number of thiophene rings is 1. The van der Waals surface area contributed by atoms with Gasteiger partial charge in [-0.2, -0.15) is 0 Å². The lowest BCUT2D eigenvalue weighted by atomic mass is 9.96. The number of rotatable bonds is 4. The minimum atomic E-state index is 0.592. The fraction of sp³-hybridized carbons (Fsp3) is 0. The molecule has 0 N–H and O–H groups in total. The van der Waals surface area contributed by atoms with Crippen molar-refractivity contribution in [1.29, 1.82) is 0 Å².